The number of carbonyl (C=O) groups excluding carboxylic acids is 2. The van der Waals surface area contributed by atoms with E-state index in [1.165, 1.54) is 12.1 Å². The van der Waals surface area contributed by atoms with Gasteiger partial charge in [-0.3, -0.25) is 10.1 Å². The monoisotopic (exact) mass is 500 g/mol. The summed E-state index contributed by atoms with van der Waals surface area (Å²) in [6, 6.07) is 14.1. The second kappa shape index (κ2) is 14.6. The third-order valence-electron chi connectivity index (χ3n) is 4.60. The maximum absolute atomic E-state index is 12.1. The van der Waals surface area contributed by atoms with Gasteiger partial charge in [0.2, 0.25) is 0 Å². The van der Waals surface area contributed by atoms with E-state index in [2.05, 4.69) is 21.1 Å². The van der Waals surface area contributed by atoms with Crippen LogP contribution < -0.4 is 16.0 Å². The molecule has 8 nitrogen and oxygen atoms in total. The van der Waals surface area contributed by atoms with Crippen molar-refractivity contribution in [1.29, 1.82) is 0 Å². The number of hydrogen-bond donors (Lipinski definition) is 4. The molecule has 0 fully saturated rings. The minimum absolute atomic E-state index is 0.171. The van der Waals surface area contributed by atoms with Crippen LogP contribution in [0.2, 0.25) is 0 Å². The SMILES string of the molecule is CC.CCC(O)C(=O)Nc1ccc(NC(=O)Nc2cc(C(C)(C)C)on2)cc1.Cc1ccc(F)cc1. The third kappa shape index (κ3) is 10.7. The van der Waals surface area contributed by atoms with Crippen molar-refractivity contribution >= 4 is 29.1 Å². The van der Waals surface area contributed by atoms with E-state index < -0.39 is 18.0 Å². The van der Waals surface area contributed by atoms with E-state index in [9.17, 15) is 19.1 Å². The largest absolute Gasteiger partial charge is 0.383 e. The normalized spacial score (nSPS) is 11.1. The smallest absolute Gasteiger partial charge is 0.324 e. The van der Waals surface area contributed by atoms with Crippen LogP contribution in [0.1, 0.15) is 59.3 Å². The highest BCUT2D eigenvalue weighted by molar-refractivity contribution is 5.99. The average molecular weight is 501 g/mol. The minimum Gasteiger partial charge on any atom is -0.383 e. The number of anilines is 3. The Morgan fingerprint density at radius 1 is 0.972 bits per heavy atom. The van der Waals surface area contributed by atoms with Crippen LogP contribution in [0.25, 0.3) is 0 Å². The Labute approximate surface area is 212 Å². The van der Waals surface area contributed by atoms with Gasteiger partial charge in [-0.1, -0.05) is 64.4 Å². The van der Waals surface area contributed by atoms with Gasteiger partial charge in [-0.25, -0.2) is 9.18 Å². The number of benzene rings is 2. The van der Waals surface area contributed by atoms with Gasteiger partial charge in [0.1, 0.15) is 17.7 Å². The first-order valence-corrected chi connectivity index (χ1v) is 11.8. The Balaban J connectivity index is 0.000000543. The number of nitrogens with one attached hydrogen (secondary N) is 3. The standard InChI is InChI=1S/C18H24N4O4.C7H7F.C2H6/c1-5-13(23)16(24)19-11-6-8-12(9-7-11)20-17(25)21-15-10-14(26-22-15)18(2,3)4;1-6-2-4-7(8)5-3-6;1-2/h6-10,13,23H,5H2,1-4H3,(H,19,24)(H2,20,21,22,25);2-5H,1H3;1-2H3. The minimum atomic E-state index is -1.04. The van der Waals surface area contributed by atoms with Crippen molar-refractivity contribution in [2.75, 3.05) is 16.0 Å². The molecule has 3 aromatic rings. The van der Waals surface area contributed by atoms with Crippen molar-refractivity contribution in [2.24, 2.45) is 0 Å². The Morgan fingerprint density at radius 2 is 1.50 bits per heavy atom. The number of carbonyl (C=O) groups is 2. The van der Waals surface area contributed by atoms with Gasteiger partial charge in [0, 0.05) is 22.9 Å². The first-order valence-electron chi connectivity index (χ1n) is 11.8. The maximum atomic E-state index is 12.1. The summed E-state index contributed by atoms with van der Waals surface area (Å²) < 4.78 is 17.3. The van der Waals surface area contributed by atoms with E-state index in [1.807, 2.05) is 41.5 Å². The molecule has 3 amide bonds. The lowest BCUT2D eigenvalue weighted by atomic mass is 9.93. The number of nitrogens with zero attached hydrogens (tertiary/aromatic N) is 1. The molecule has 4 N–H and O–H groups in total. The zero-order chi connectivity index (χ0) is 27.3. The molecule has 0 aliphatic heterocycles. The molecular formula is C27H37FN4O4. The number of aromatic nitrogens is 1. The molecule has 0 spiro atoms. The summed E-state index contributed by atoms with van der Waals surface area (Å²) in [6.07, 6.45) is -0.705. The van der Waals surface area contributed by atoms with Gasteiger partial charge in [-0.05, 0) is 49.7 Å². The predicted molar refractivity (Wildman–Crippen MR) is 142 cm³/mol. The van der Waals surface area contributed by atoms with Crippen molar-refractivity contribution in [3.8, 4) is 0 Å². The quantitative estimate of drug-likeness (QED) is 0.320. The molecule has 196 valence electrons. The van der Waals surface area contributed by atoms with Crippen molar-refractivity contribution in [2.45, 2.75) is 66.4 Å². The van der Waals surface area contributed by atoms with Crippen molar-refractivity contribution in [3.63, 3.8) is 0 Å². The fourth-order valence-corrected chi connectivity index (χ4v) is 2.55. The number of aliphatic hydroxyl groups is 1. The van der Waals surface area contributed by atoms with Gasteiger partial charge < -0.3 is 20.3 Å². The van der Waals surface area contributed by atoms with Crippen LogP contribution >= 0.6 is 0 Å². The van der Waals surface area contributed by atoms with E-state index >= 15 is 0 Å². The van der Waals surface area contributed by atoms with Crippen LogP contribution in [0.4, 0.5) is 26.4 Å². The molecule has 3 rings (SSSR count). The van der Waals surface area contributed by atoms with E-state index in [4.69, 9.17) is 4.52 Å². The summed E-state index contributed by atoms with van der Waals surface area (Å²) >= 11 is 0. The lowest BCUT2D eigenvalue weighted by molar-refractivity contribution is -0.124. The fourth-order valence-electron chi connectivity index (χ4n) is 2.55. The highest BCUT2D eigenvalue weighted by Gasteiger charge is 2.20. The average Bonchev–Trinajstić information content (AvgIpc) is 3.32. The van der Waals surface area contributed by atoms with Gasteiger partial charge >= 0.3 is 6.03 Å². The van der Waals surface area contributed by atoms with E-state index in [0.29, 0.717) is 29.4 Å². The van der Waals surface area contributed by atoms with Crippen LogP contribution in [0.5, 0.6) is 0 Å². The van der Waals surface area contributed by atoms with E-state index in [1.54, 1.807) is 49.4 Å². The summed E-state index contributed by atoms with van der Waals surface area (Å²) in [7, 11) is 0. The molecule has 0 radical (unpaired) electrons. The summed E-state index contributed by atoms with van der Waals surface area (Å²) in [6.45, 7) is 13.6. The molecule has 0 saturated carbocycles. The molecule has 9 heteroatoms. The van der Waals surface area contributed by atoms with Gasteiger partial charge in [0.05, 0.1) is 0 Å². The zero-order valence-corrected chi connectivity index (χ0v) is 22.0. The number of aryl methyl sites for hydroxylation is 1. The first kappa shape index (κ1) is 30.3. The molecule has 1 atom stereocenters. The highest BCUT2D eigenvalue weighted by Crippen LogP contribution is 2.24. The molecular weight excluding hydrogens is 463 g/mol. The number of amides is 3. The maximum Gasteiger partial charge on any atom is 0.324 e. The Morgan fingerprint density at radius 3 is 1.94 bits per heavy atom. The second-order valence-electron chi connectivity index (χ2n) is 8.69. The molecule has 1 heterocycles. The number of rotatable bonds is 5. The van der Waals surface area contributed by atoms with E-state index in [0.717, 1.165) is 5.56 Å². The van der Waals surface area contributed by atoms with E-state index in [-0.39, 0.29) is 11.2 Å². The molecule has 36 heavy (non-hydrogen) atoms. The third-order valence-corrected chi connectivity index (χ3v) is 4.60. The molecule has 2 aromatic carbocycles. The Hall–Kier alpha value is -3.72. The summed E-state index contributed by atoms with van der Waals surface area (Å²) in [5, 5.41) is 21.1. The number of aliphatic hydroxyl groups excluding tert-OH is 1. The molecule has 0 saturated heterocycles. The lowest BCUT2D eigenvalue weighted by Gasteiger charge is -2.12. The predicted octanol–water partition coefficient (Wildman–Crippen LogP) is 6.49. The fraction of sp³-hybridized carbons (Fsp3) is 0.370. The van der Waals surface area contributed by atoms with Crippen molar-refractivity contribution in [3.05, 3.63) is 71.7 Å². The first-order chi connectivity index (χ1) is 17.0. The van der Waals surface area contributed by atoms with Crippen LogP contribution in [0.15, 0.2) is 59.1 Å². The second-order valence-corrected chi connectivity index (χ2v) is 8.69. The van der Waals surface area contributed by atoms with Crippen LogP contribution in [-0.2, 0) is 10.2 Å². The van der Waals surface area contributed by atoms with Crippen LogP contribution in [-0.4, -0.2) is 28.3 Å². The van der Waals surface area contributed by atoms with Gasteiger partial charge in [0.25, 0.3) is 5.91 Å². The van der Waals surface area contributed by atoms with Gasteiger partial charge in [-0.2, -0.15) is 0 Å². The number of halogens is 1. The molecule has 1 unspecified atom stereocenters. The lowest BCUT2D eigenvalue weighted by Crippen LogP contribution is -2.26. The molecule has 1 aromatic heterocycles. The summed E-state index contributed by atoms with van der Waals surface area (Å²) in [4.78, 5) is 23.7. The Bertz CT molecular complexity index is 1050. The summed E-state index contributed by atoms with van der Waals surface area (Å²) in [5.41, 5.74) is 1.96. The summed E-state index contributed by atoms with van der Waals surface area (Å²) in [5.74, 6) is 0.356. The molecule has 0 aliphatic carbocycles. The van der Waals surface area contributed by atoms with Crippen molar-refractivity contribution < 1.29 is 23.6 Å². The van der Waals surface area contributed by atoms with Crippen LogP contribution in [0, 0.1) is 12.7 Å². The van der Waals surface area contributed by atoms with Crippen molar-refractivity contribution in [1.82, 2.24) is 5.16 Å². The number of urea groups is 1. The topological polar surface area (TPSA) is 116 Å². The van der Waals surface area contributed by atoms with Gasteiger partial charge in [-0.15, -0.1) is 0 Å². The highest BCUT2D eigenvalue weighted by atomic mass is 19.1. The molecule has 0 bridgehead atoms. The van der Waals surface area contributed by atoms with Gasteiger partial charge in [0.15, 0.2) is 5.82 Å². The van der Waals surface area contributed by atoms with Crippen LogP contribution in [0.3, 0.4) is 0 Å². The Kier molecular flexibility index (Phi) is 12.3. The zero-order valence-electron chi connectivity index (χ0n) is 22.0. The number of hydrogen-bond acceptors (Lipinski definition) is 5. The molecule has 0 aliphatic rings.